The van der Waals surface area contributed by atoms with Crippen molar-refractivity contribution in [3.63, 3.8) is 0 Å². The van der Waals surface area contributed by atoms with E-state index in [2.05, 4.69) is 30.0 Å². The summed E-state index contributed by atoms with van der Waals surface area (Å²) in [5.74, 6) is -0.301. The van der Waals surface area contributed by atoms with Crippen LogP contribution in [-0.2, 0) is 10.9 Å². The molecule has 3 rings (SSSR count). The molecule has 7 nitrogen and oxygen atoms in total. The molecular weight excluding hydrogens is 422 g/mol. The maximum absolute atomic E-state index is 12.7. The number of alkyl halides is 3. The number of aliphatic hydroxyl groups is 2. The molecule has 0 unspecified atom stereocenters. The summed E-state index contributed by atoms with van der Waals surface area (Å²) < 4.78 is 48.8. The molecule has 0 saturated carbocycles. The Bertz CT molecular complexity index is 743. The van der Waals surface area contributed by atoms with Crippen LogP contribution in [-0.4, -0.2) is 75.7 Å². The zero-order chi connectivity index (χ0) is 22.9. The number of pyridine rings is 2. The molecule has 4 atom stereocenters. The first-order valence-electron chi connectivity index (χ1n) is 9.52. The van der Waals surface area contributed by atoms with Gasteiger partial charge in [-0.15, -0.1) is 13.1 Å². The first kappa shape index (κ1) is 28.4. The number of rotatable bonds is 6. The number of nitrogens with zero attached hydrogens (tertiary/aromatic N) is 3. The smallest absolute Gasteiger partial charge is 0.469 e. The Hall–Kier alpha value is -1.67. The molecule has 1 saturated heterocycles. The predicted octanol–water partition coefficient (Wildman–Crippen LogP) is -1.18. The first-order valence-corrected chi connectivity index (χ1v) is 9.52. The van der Waals surface area contributed by atoms with Crippen molar-refractivity contribution < 1.29 is 51.7 Å². The molecule has 2 N–H and O–H groups in total. The van der Waals surface area contributed by atoms with E-state index in [0.717, 1.165) is 12.1 Å². The maximum Gasteiger partial charge on any atom is 1.00 e. The summed E-state index contributed by atoms with van der Waals surface area (Å²) in [5, 5.41) is 20.4. The van der Waals surface area contributed by atoms with E-state index in [1.54, 1.807) is 12.3 Å². The van der Waals surface area contributed by atoms with E-state index in [1.165, 1.54) is 6.07 Å². The van der Waals surface area contributed by atoms with Gasteiger partial charge in [0.15, 0.2) is 6.10 Å². The molecule has 1 fully saturated rings. The van der Waals surface area contributed by atoms with E-state index in [9.17, 15) is 23.4 Å². The molecule has 1 aliphatic heterocycles. The molecule has 3 heterocycles. The maximum atomic E-state index is 12.7. The minimum Gasteiger partial charge on any atom is -0.469 e. The van der Waals surface area contributed by atoms with Crippen molar-refractivity contribution in [1.29, 1.82) is 0 Å². The van der Waals surface area contributed by atoms with Gasteiger partial charge in [-0.25, -0.2) is 4.98 Å². The largest absolute Gasteiger partial charge is 1.00 e. The molecule has 0 radical (unpaired) electrons. The molecule has 172 valence electrons. The average molecular weight is 447 g/mol. The Kier molecular flexibility index (Phi) is 12.2. The standard InChI is InChI=1S/C16H21F3N2O4.C5H4N.Li/c1-3-21(4-2)8-10-14(22)15(23)11(9-24-10)25-13-7-5-6-12(20-13)16(17,18)19;1-2-4-6-5-3-1;/h5-7,10-11,14-15,22-23H,1-4,8-9H2;1-4H;/q-2;-1;+1/t10-,11+,14+,15-;;/m1../s1. The van der Waals surface area contributed by atoms with Crippen LogP contribution in [0.1, 0.15) is 5.69 Å². The summed E-state index contributed by atoms with van der Waals surface area (Å²) in [5.41, 5.74) is -1.10. The van der Waals surface area contributed by atoms with Crippen molar-refractivity contribution in [3.05, 3.63) is 68.3 Å². The molecule has 2 aromatic heterocycles. The molecule has 2 aromatic rings. The van der Waals surface area contributed by atoms with E-state index in [1.807, 2.05) is 17.0 Å². The summed E-state index contributed by atoms with van der Waals surface area (Å²) in [6.07, 6.45) is -4.55. The van der Waals surface area contributed by atoms with Gasteiger partial charge in [0.2, 0.25) is 5.88 Å². The van der Waals surface area contributed by atoms with Gasteiger partial charge < -0.3 is 43.4 Å². The van der Waals surface area contributed by atoms with Crippen molar-refractivity contribution in [2.24, 2.45) is 0 Å². The van der Waals surface area contributed by atoms with Crippen molar-refractivity contribution in [1.82, 2.24) is 14.9 Å². The fourth-order valence-electron chi connectivity index (χ4n) is 2.74. The molecular formula is C21H25F3LiN3O4-2. The second kappa shape index (κ2) is 13.8. The van der Waals surface area contributed by atoms with Gasteiger partial charge in [-0.2, -0.15) is 31.4 Å². The topological polar surface area (TPSA) is 87.9 Å². The third-order valence-electron chi connectivity index (χ3n) is 4.46. The number of hydrogen-bond donors (Lipinski definition) is 2. The third-order valence-corrected chi connectivity index (χ3v) is 4.46. The van der Waals surface area contributed by atoms with Gasteiger partial charge in [-0.05, 0) is 6.07 Å². The quantitative estimate of drug-likeness (QED) is 0.426. The first-order chi connectivity index (χ1) is 14.8. The van der Waals surface area contributed by atoms with Crippen molar-refractivity contribution in [3.8, 4) is 5.88 Å². The Labute approximate surface area is 197 Å². The summed E-state index contributed by atoms with van der Waals surface area (Å²) >= 11 is 0. The van der Waals surface area contributed by atoms with Gasteiger partial charge in [0.1, 0.15) is 17.9 Å². The molecule has 0 spiro atoms. The van der Waals surface area contributed by atoms with Crippen LogP contribution in [0.2, 0.25) is 0 Å². The molecule has 0 amide bonds. The number of ether oxygens (including phenoxy) is 2. The summed E-state index contributed by atoms with van der Waals surface area (Å²) in [6.45, 7) is 8.60. The van der Waals surface area contributed by atoms with Gasteiger partial charge in [0.05, 0.1) is 12.7 Å². The van der Waals surface area contributed by atoms with Crippen LogP contribution in [0, 0.1) is 20.0 Å². The van der Waals surface area contributed by atoms with Crippen LogP contribution >= 0.6 is 0 Å². The minimum atomic E-state index is -4.60. The van der Waals surface area contributed by atoms with Crippen LogP contribution in [0.15, 0.2) is 42.6 Å². The van der Waals surface area contributed by atoms with E-state index < -0.39 is 36.3 Å². The average Bonchev–Trinajstić information content (AvgIpc) is 2.78. The van der Waals surface area contributed by atoms with Crippen LogP contribution in [0.4, 0.5) is 13.2 Å². The number of aliphatic hydroxyl groups excluding tert-OH is 2. The van der Waals surface area contributed by atoms with Gasteiger partial charge >= 0.3 is 25.0 Å². The second-order valence-corrected chi connectivity index (χ2v) is 6.63. The normalized spacial score (nSPS) is 23.0. The minimum absolute atomic E-state index is 0. The molecule has 1 aliphatic rings. The molecule has 0 bridgehead atoms. The SMILES string of the molecule is [CH2-]CN(C[CH2-])C[C@H]1OC[C@H](Oc2cccc(C(F)(F)F)n2)[C@@H](O)[C@H]1O.[Li+].[c-]1ccccn1. The van der Waals surface area contributed by atoms with E-state index in [-0.39, 0.29) is 31.3 Å². The number of halogens is 3. The van der Waals surface area contributed by atoms with Gasteiger partial charge in [-0.1, -0.05) is 18.5 Å². The number of aromatic nitrogens is 2. The van der Waals surface area contributed by atoms with E-state index in [0.29, 0.717) is 19.6 Å². The van der Waals surface area contributed by atoms with Crippen molar-refractivity contribution in [2.45, 2.75) is 30.6 Å². The fourth-order valence-corrected chi connectivity index (χ4v) is 2.74. The Balaban J connectivity index is 0.000000631. The Morgan fingerprint density at radius 2 is 1.88 bits per heavy atom. The molecule has 32 heavy (non-hydrogen) atoms. The van der Waals surface area contributed by atoms with Crippen LogP contribution in [0.5, 0.6) is 5.88 Å². The monoisotopic (exact) mass is 447 g/mol. The predicted molar refractivity (Wildman–Crippen MR) is 106 cm³/mol. The van der Waals surface area contributed by atoms with Crippen LogP contribution in [0.3, 0.4) is 0 Å². The van der Waals surface area contributed by atoms with Crippen molar-refractivity contribution in [2.75, 3.05) is 26.2 Å². The zero-order valence-electron chi connectivity index (χ0n) is 17.8. The van der Waals surface area contributed by atoms with Gasteiger partial charge in [0.25, 0.3) is 0 Å². The summed E-state index contributed by atoms with van der Waals surface area (Å²) in [7, 11) is 0. The third kappa shape index (κ3) is 8.69. The van der Waals surface area contributed by atoms with Crippen LogP contribution in [0.25, 0.3) is 0 Å². The molecule has 11 heteroatoms. The van der Waals surface area contributed by atoms with E-state index in [4.69, 9.17) is 9.47 Å². The summed E-state index contributed by atoms with van der Waals surface area (Å²) in [4.78, 5) is 8.85. The summed E-state index contributed by atoms with van der Waals surface area (Å²) in [6, 6.07) is 8.72. The van der Waals surface area contributed by atoms with Gasteiger partial charge in [0, 0.05) is 12.6 Å². The number of hydrogen-bond acceptors (Lipinski definition) is 7. The Morgan fingerprint density at radius 1 is 1.16 bits per heavy atom. The molecule has 0 aliphatic carbocycles. The fraction of sp³-hybridized carbons (Fsp3) is 0.429. The Morgan fingerprint density at radius 3 is 2.38 bits per heavy atom. The molecule has 0 aromatic carbocycles. The second-order valence-electron chi connectivity index (χ2n) is 6.63. The van der Waals surface area contributed by atoms with E-state index >= 15 is 0 Å². The zero-order valence-corrected chi connectivity index (χ0v) is 17.8. The van der Waals surface area contributed by atoms with Gasteiger partial charge in [-0.3, -0.25) is 0 Å². The van der Waals surface area contributed by atoms with Crippen LogP contribution < -0.4 is 23.6 Å². The van der Waals surface area contributed by atoms with Crippen molar-refractivity contribution >= 4 is 0 Å².